The molecule has 7 heteroatoms. The first-order valence-electron chi connectivity index (χ1n) is 6.12. The van der Waals surface area contributed by atoms with Crippen LogP contribution in [0.25, 0.3) is 0 Å². The molecule has 1 atom stereocenters. The number of aromatic carboxylic acids is 1. The van der Waals surface area contributed by atoms with E-state index in [1.807, 2.05) is 13.8 Å². The highest BCUT2D eigenvalue weighted by atomic mass is 16.4. The third-order valence-electron chi connectivity index (χ3n) is 2.41. The van der Waals surface area contributed by atoms with Crippen LogP contribution in [0.4, 0.5) is 0 Å². The first-order chi connectivity index (χ1) is 9.31. The van der Waals surface area contributed by atoms with Gasteiger partial charge in [0.05, 0.1) is 5.56 Å². The van der Waals surface area contributed by atoms with Crippen LogP contribution in [0.2, 0.25) is 0 Å². The summed E-state index contributed by atoms with van der Waals surface area (Å²) in [7, 11) is 0. The van der Waals surface area contributed by atoms with E-state index in [9.17, 15) is 14.4 Å². The van der Waals surface area contributed by atoms with E-state index in [0.717, 1.165) is 6.20 Å². The van der Waals surface area contributed by atoms with E-state index in [2.05, 4.69) is 15.6 Å². The molecule has 2 amide bonds. The Morgan fingerprint density at radius 1 is 1.15 bits per heavy atom. The maximum atomic E-state index is 11.8. The van der Waals surface area contributed by atoms with E-state index in [-0.39, 0.29) is 23.2 Å². The number of aromatic nitrogens is 1. The molecule has 0 aliphatic carbocycles. The molecule has 1 aromatic heterocycles. The van der Waals surface area contributed by atoms with Crippen molar-refractivity contribution in [2.24, 2.45) is 0 Å². The molecule has 0 fully saturated rings. The van der Waals surface area contributed by atoms with Gasteiger partial charge in [-0.2, -0.15) is 0 Å². The van der Waals surface area contributed by atoms with E-state index < -0.39 is 17.9 Å². The fourth-order valence-corrected chi connectivity index (χ4v) is 1.40. The third-order valence-corrected chi connectivity index (χ3v) is 2.41. The average molecular weight is 279 g/mol. The zero-order chi connectivity index (χ0) is 15.3. The first kappa shape index (κ1) is 15.6. The molecule has 20 heavy (non-hydrogen) atoms. The van der Waals surface area contributed by atoms with Gasteiger partial charge in [-0.25, -0.2) is 4.79 Å². The van der Waals surface area contributed by atoms with Crippen LogP contribution in [0, 0.1) is 0 Å². The molecule has 7 nitrogen and oxygen atoms in total. The highest BCUT2D eigenvalue weighted by Crippen LogP contribution is 2.01. The maximum absolute atomic E-state index is 11.8. The van der Waals surface area contributed by atoms with Gasteiger partial charge in [0.25, 0.3) is 5.91 Å². The van der Waals surface area contributed by atoms with Crippen molar-refractivity contribution in [3.8, 4) is 0 Å². The molecule has 0 aliphatic heterocycles. The lowest BCUT2D eigenvalue weighted by molar-refractivity contribution is -0.123. The molecule has 0 saturated carbocycles. The largest absolute Gasteiger partial charge is 0.478 e. The molecule has 0 bridgehead atoms. The van der Waals surface area contributed by atoms with Crippen LogP contribution in [-0.4, -0.2) is 40.0 Å². The molecular formula is C13H17N3O4. The van der Waals surface area contributed by atoms with Gasteiger partial charge in [-0.15, -0.1) is 0 Å². The highest BCUT2D eigenvalue weighted by Gasteiger charge is 2.18. The SMILES string of the molecule is CC(C)NC(=O)C(C)NC(=O)c1ccc(C(=O)O)cn1. The van der Waals surface area contributed by atoms with Crippen LogP contribution < -0.4 is 10.6 Å². The van der Waals surface area contributed by atoms with E-state index in [0.29, 0.717) is 0 Å². The van der Waals surface area contributed by atoms with Gasteiger partial charge in [0, 0.05) is 12.2 Å². The number of amides is 2. The highest BCUT2D eigenvalue weighted by molar-refractivity contribution is 5.96. The third kappa shape index (κ3) is 4.34. The number of pyridine rings is 1. The van der Waals surface area contributed by atoms with Crippen molar-refractivity contribution < 1.29 is 19.5 Å². The summed E-state index contributed by atoms with van der Waals surface area (Å²) in [6.07, 6.45) is 1.09. The minimum absolute atomic E-state index is 0.00727. The first-order valence-corrected chi connectivity index (χ1v) is 6.12. The smallest absolute Gasteiger partial charge is 0.337 e. The molecule has 3 N–H and O–H groups in total. The Bertz CT molecular complexity index is 511. The standard InChI is InChI=1S/C13H17N3O4/c1-7(2)15-11(17)8(3)16-12(18)10-5-4-9(6-14-10)13(19)20/h4-8H,1-3H3,(H,15,17)(H,16,18)(H,19,20). The molecule has 1 aromatic rings. The summed E-state index contributed by atoms with van der Waals surface area (Å²) in [6.45, 7) is 5.19. The second-order valence-corrected chi connectivity index (χ2v) is 4.60. The molecule has 1 rings (SSSR count). The molecule has 0 saturated heterocycles. The zero-order valence-corrected chi connectivity index (χ0v) is 11.5. The number of carboxylic acids is 1. The van der Waals surface area contributed by atoms with E-state index in [1.165, 1.54) is 12.1 Å². The van der Waals surface area contributed by atoms with Crippen molar-refractivity contribution in [2.75, 3.05) is 0 Å². The Hall–Kier alpha value is -2.44. The molecule has 1 heterocycles. The van der Waals surface area contributed by atoms with Gasteiger partial charge in [0.2, 0.25) is 5.91 Å². The van der Waals surface area contributed by atoms with Gasteiger partial charge in [0.15, 0.2) is 0 Å². The van der Waals surface area contributed by atoms with Crippen LogP contribution >= 0.6 is 0 Å². The van der Waals surface area contributed by atoms with Crippen molar-refractivity contribution in [1.82, 2.24) is 15.6 Å². The summed E-state index contributed by atoms with van der Waals surface area (Å²) in [5.41, 5.74) is 0.0475. The van der Waals surface area contributed by atoms with Crippen molar-refractivity contribution >= 4 is 17.8 Å². The molecule has 0 radical (unpaired) electrons. The summed E-state index contributed by atoms with van der Waals surface area (Å²) in [5, 5.41) is 13.9. The predicted octanol–water partition coefficient (Wildman–Crippen LogP) is 0.423. The molecule has 0 aliphatic rings. The fourth-order valence-electron chi connectivity index (χ4n) is 1.40. The average Bonchev–Trinajstić information content (AvgIpc) is 2.37. The van der Waals surface area contributed by atoms with Crippen LogP contribution in [0.15, 0.2) is 18.3 Å². The van der Waals surface area contributed by atoms with Gasteiger partial charge >= 0.3 is 5.97 Å². The Morgan fingerprint density at radius 2 is 1.80 bits per heavy atom. The van der Waals surface area contributed by atoms with Gasteiger partial charge in [-0.3, -0.25) is 14.6 Å². The lowest BCUT2D eigenvalue weighted by Gasteiger charge is -2.15. The number of nitrogens with zero attached hydrogens (tertiary/aromatic N) is 1. The number of rotatable bonds is 5. The van der Waals surface area contributed by atoms with Gasteiger partial charge in [-0.1, -0.05) is 0 Å². The Morgan fingerprint density at radius 3 is 2.25 bits per heavy atom. The zero-order valence-electron chi connectivity index (χ0n) is 11.5. The second-order valence-electron chi connectivity index (χ2n) is 4.60. The van der Waals surface area contributed by atoms with Crippen LogP contribution in [-0.2, 0) is 4.79 Å². The fraction of sp³-hybridized carbons (Fsp3) is 0.385. The van der Waals surface area contributed by atoms with Crippen molar-refractivity contribution in [3.05, 3.63) is 29.6 Å². The van der Waals surface area contributed by atoms with Crippen LogP contribution in [0.1, 0.15) is 41.6 Å². The van der Waals surface area contributed by atoms with Gasteiger partial charge < -0.3 is 15.7 Å². The number of nitrogens with one attached hydrogen (secondary N) is 2. The summed E-state index contributed by atoms with van der Waals surface area (Å²) < 4.78 is 0. The van der Waals surface area contributed by atoms with Crippen LogP contribution in [0.3, 0.4) is 0 Å². The predicted molar refractivity (Wildman–Crippen MR) is 71.4 cm³/mol. The van der Waals surface area contributed by atoms with Crippen molar-refractivity contribution in [2.45, 2.75) is 32.9 Å². The quantitative estimate of drug-likeness (QED) is 0.724. The number of hydrogen-bond acceptors (Lipinski definition) is 4. The monoisotopic (exact) mass is 279 g/mol. The van der Waals surface area contributed by atoms with E-state index in [4.69, 9.17) is 5.11 Å². The normalized spacial score (nSPS) is 11.8. The molecule has 108 valence electrons. The lowest BCUT2D eigenvalue weighted by Crippen LogP contribution is -2.46. The molecule has 0 aromatic carbocycles. The summed E-state index contributed by atoms with van der Waals surface area (Å²) in [5.74, 6) is -1.95. The van der Waals surface area contributed by atoms with Crippen LogP contribution in [0.5, 0.6) is 0 Å². The number of carboxylic acid groups (broad SMARTS) is 1. The van der Waals surface area contributed by atoms with E-state index >= 15 is 0 Å². The van der Waals surface area contributed by atoms with Gasteiger partial charge in [0.1, 0.15) is 11.7 Å². The Kier molecular flexibility index (Phi) is 5.19. The Labute approximate surface area is 116 Å². The second kappa shape index (κ2) is 6.65. The molecule has 1 unspecified atom stereocenters. The summed E-state index contributed by atoms with van der Waals surface area (Å²) >= 11 is 0. The molecular weight excluding hydrogens is 262 g/mol. The minimum Gasteiger partial charge on any atom is -0.478 e. The van der Waals surface area contributed by atoms with Crippen molar-refractivity contribution in [3.63, 3.8) is 0 Å². The summed E-state index contributed by atoms with van der Waals surface area (Å²) in [4.78, 5) is 37.9. The Balaban J connectivity index is 2.66. The maximum Gasteiger partial charge on any atom is 0.337 e. The summed E-state index contributed by atoms with van der Waals surface area (Å²) in [6, 6.07) is 1.86. The van der Waals surface area contributed by atoms with Crippen molar-refractivity contribution in [1.29, 1.82) is 0 Å². The minimum atomic E-state index is -1.12. The number of carbonyl (C=O) groups is 3. The van der Waals surface area contributed by atoms with E-state index in [1.54, 1.807) is 6.92 Å². The van der Waals surface area contributed by atoms with Gasteiger partial charge in [-0.05, 0) is 32.9 Å². The topological polar surface area (TPSA) is 108 Å². The number of carbonyl (C=O) groups excluding carboxylic acids is 2. The molecule has 0 spiro atoms. The number of hydrogen-bond donors (Lipinski definition) is 3. The lowest BCUT2D eigenvalue weighted by atomic mass is 10.2.